The van der Waals surface area contributed by atoms with E-state index in [9.17, 15) is 4.79 Å². The van der Waals surface area contributed by atoms with E-state index < -0.39 is 0 Å². The summed E-state index contributed by atoms with van der Waals surface area (Å²) in [5.74, 6) is 0.589. The lowest BCUT2D eigenvalue weighted by molar-refractivity contribution is 0.0531. The molecule has 0 unspecified atom stereocenters. The summed E-state index contributed by atoms with van der Waals surface area (Å²) >= 11 is 7.72. The number of halogens is 1. The number of hydrogen-bond acceptors (Lipinski definition) is 7. The van der Waals surface area contributed by atoms with Crippen molar-refractivity contribution in [3.8, 4) is 0 Å². The molecule has 1 aromatic carbocycles. The van der Waals surface area contributed by atoms with E-state index >= 15 is 0 Å². The molecule has 0 saturated carbocycles. The van der Waals surface area contributed by atoms with E-state index in [0.29, 0.717) is 11.5 Å². The second kappa shape index (κ2) is 7.93. The number of esters is 1. The van der Waals surface area contributed by atoms with Crippen LogP contribution in [-0.4, -0.2) is 48.7 Å². The van der Waals surface area contributed by atoms with Crippen LogP contribution in [0.2, 0.25) is 5.02 Å². The van der Waals surface area contributed by atoms with Gasteiger partial charge in [0.2, 0.25) is 0 Å². The van der Waals surface area contributed by atoms with E-state index in [1.165, 1.54) is 11.3 Å². The van der Waals surface area contributed by atoms with Gasteiger partial charge in [0.1, 0.15) is 21.9 Å². The van der Waals surface area contributed by atoms with Crippen LogP contribution in [0.3, 0.4) is 0 Å². The molecule has 28 heavy (non-hydrogen) atoms. The normalized spacial score (nSPS) is 14.5. The first-order valence-corrected chi connectivity index (χ1v) is 10.4. The van der Waals surface area contributed by atoms with Crippen molar-refractivity contribution in [2.45, 2.75) is 13.8 Å². The number of thiophene rings is 1. The maximum atomic E-state index is 12.3. The number of carbonyl (C=O) groups excluding carboxylic acids is 1. The van der Waals surface area contributed by atoms with Crippen LogP contribution < -0.4 is 9.80 Å². The number of rotatable bonds is 4. The first kappa shape index (κ1) is 19.0. The van der Waals surface area contributed by atoms with Gasteiger partial charge in [-0.15, -0.1) is 11.3 Å². The quantitative estimate of drug-likeness (QED) is 0.595. The summed E-state index contributed by atoms with van der Waals surface area (Å²) in [5.41, 5.74) is 1.95. The van der Waals surface area contributed by atoms with Gasteiger partial charge in [0.15, 0.2) is 0 Å². The molecule has 0 amide bonds. The van der Waals surface area contributed by atoms with Gasteiger partial charge in [0, 0.05) is 26.2 Å². The number of aryl methyl sites for hydroxylation is 1. The van der Waals surface area contributed by atoms with Gasteiger partial charge in [-0.1, -0.05) is 23.7 Å². The van der Waals surface area contributed by atoms with Crippen LogP contribution in [0.25, 0.3) is 10.2 Å². The Labute approximate surface area is 172 Å². The summed E-state index contributed by atoms with van der Waals surface area (Å²) in [6.07, 6.45) is 1.57. The van der Waals surface area contributed by atoms with E-state index in [1.807, 2.05) is 32.0 Å². The van der Waals surface area contributed by atoms with Gasteiger partial charge >= 0.3 is 5.97 Å². The molecule has 3 heterocycles. The van der Waals surface area contributed by atoms with E-state index in [0.717, 1.165) is 58.5 Å². The highest BCUT2D eigenvalue weighted by Crippen LogP contribution is 2.36. The van der Waals surface area contributed by atoms with Crippen LogP contribution in [0, 0.1) is 6.92 Å². The predicted octanol–water partition coefficient (Wildman–Crippen LogP) is 4.16. The summed E-state index contributed by atoms with van der Waals surface area (Å²) in [7, 11) is 0. The Morgan fingerprint density at radius 1 is 1.18 bits per heavy atom. The Hall–Kier alpha value is -2.38. The SMILES string of the molecule is CCOC(=O)c1sc2ncnc(N3CCN(c4ccccc4Cl)CC3)c2c1C. The molecule has 3 aromatic rings. The van der Waals surface area contributed by atoms with Gasteiger partial charge in [-0.3, -0.25) is 0 Å². The predicted molar refractivity (Wildman–Crippen MR) is 114 cm³/mol. The summed E-state index contributed by atoms with van der Waals surface area (Å²) < 4.78 is 5.19. The fourth-order valence-electron chi connectivity index (χ4n) is 3.55. The number of ether oxygens (including phenoxy) is 1. The molecule has 6 nitrogen and oxygen atoms in total. The van der Waals surface area contributed by atoms with Crippen molar-refractivity contribution in [2.75, 3.05) is 42.6 Å². The molecule has 0 spiro atoms. The zero-order chi connectivity index (χ0) is 19.7. The molecule has 0 N–H and O–H groups in total. The fourth-order valence-corrected chi connectivity index (χ4v) is 4.84. The molecule has 0 atom stereocenters. The van der Waals surface area contributed by atoms with Gasteiger partial charge in [0.05, 0.1) is 22.7 Å². The van der Waals surface area contributed by atoms with Crippen molar-refractivity contribution in [3.05, 3.63) is 46.1 Å². The highest BCUT2D eigenvalue weighted by Gasteiger charge is 2.25. The zero-order valence-electron chi connectivity index (χ0n) is 15.8. The van der Waals surface area contributed by atoms with Crippen LogP contribution in [0.4, 0.5) is 11.5 Å². The molecule has 0 radical (unpaired) electrons. The largest absolute Gasteiger partial charge is 0.462 e. The third-order valence-corrected chi connectivity index (χ3v) is 6.44. The lowest BCUT2D eigenvalue weighted by atomic mass is 10.1. The summed E-state index contributed by atoms with van der Waals surface area (Å²) in [5, 5.41) is 1.72. The number of piperazine rings is 1. The second-order valence-electron chi connectivity index (χ2n) is 6.58. The van der Waals surface area contributed by atoms with Crippen LogP contribution in [0.1, 0.15) is 22.2 Å². The van der Waals surface area contributed by atoms with Gasteiger partial charge < -0.3 is 14.5 Å². The Morgan fingerprint density at radius 2 is 1.89 bits per heavy atom. The number of carbonyl (C=O) groups is 1. The minimum absolute atomic E-state index is 0.294. The Balaban J connectivity index is 1.60. The molecular formula is C20H21ClN4O2S. The smallest absolute Gasteiger partial charge is 0.348 e. The molecule has 1 aliphatic rings. The first-order chi connectivity index (χ1) is 13.6. The number of benzene rings is 1. The van der Waals surface area contributed by atoms with Crippen molar-refractivity contribution in [1.29, 1.82) is 0 Å². The first-order valence-electron chi connectivity index (χ1n) is 9.25. The van der Waals surface area contributed by atoms with E-state index in [4.69, 9.17) is 16.3 Å². The molecular weight excluding hydrogens is 396 g/mol. The van der Waals surface area contributed by atoms with Gasteiger partial charge in [-0.05, 0) is 31.5 Å². The average Bonchev–Trinajstić information content (AvgIpc) is 3.06. The molecule has 0 bridgehead atoms. The monoisotopic (exact) mass is 416 g/mol. The Morgan fingerprint density at radius 3 is 2.61 bits per heavy atom. The number of anilines is 2. The fraction of sp³-hybridized carbons (Fsp3) is 0.350. The summed E-state index contributed by atoms with van der Waals surface area (Å²) in [6, 6.07) is 7.92. The van der Waals surface area contributed by atoms with E-state index in [1.54, 1.807) is 6.33 Å². The van der Waals surface area contributed by atoms with Crippen LogP contribution in [0.15, 0.2) is 30.6 Å². The maximum Gasteiger partial charge on any atom is 0.348 e. The number of aromatic nitrogens is 2. The van der Waals surface area contributed by atoms with E-state index in [-0.39, 0.29) is 5.97 Å². The number of para-hydroxylation sites is 1. The Kier molecular flexibility index (Phi) is 5.37. The molecule has 0 aliphatic carbocycles. The molecule has 2 aromatic heterocycles. The van der Waals surface area contributed by atoms with Crippen molar-refractivity contribution in [2.24, 2.45) is 0 Å². The van der Waals surface area contributed by atoms with Gasteiger partial charge in [-0.2, -0.15) is 0 Å². The van der Waals surface area contributed by atoms with Gasteiger partial charge in [0.25, 0.3) is 0 Å². The Bertz CT molecular complexity index is 1010. The summed E-state index contributed by atoms with van der Waals surface area (Å²) in [4.78, 5) is 27.2. The zero-order valence-corrected chi connectivity index (χ0v) is 17.4. The van der Waals surface area contributed by atoms with Gasteiger partial charge in [-0.25, -0.2) is 14.8 Å². The second-order valence-corrected chi connectivity index (χ2v) is 7.99. The standard InChI is InChI=1S/C20H21ClN4O2S/c1-3-27-20(26)17-13(2)16-18(22-12-23-19(16)28-17)25-10-8-24(9-11-25)15-7-5-4-6-14(15)21/h4-7,12H,3,8-11H2,1-2H3. The average molecular weight is 417 g/mol. The van der Waals surface area contributed by atoms with E-state index in [2.05, 4.69) is 25.8 Å². The number of fused-ring (bicyclic) bond motifs is 1. The molecule has 1 saturated heterocycles. The highest BCUT2D eigenvalue weighted by atomic mass is 35.5. The maximum absolute atomic E-state index is 12.3. The van der Waals surface area contributed by atoms with Crippen LogP contribution >= 0.6 is 22.9 Å². The third kappa shape index (κ3) is 3.40. The third-order valence-electron chi connectivity index (χ3n) is 4.94. The molecule has 1 fully saturated rings. The lowest BCUT2D eigenvalue weighted by Crippen LogP contribution is -2.47. The lowest BCUT2D eigenvalue weighted by Gasteiger charge is -2.37. The van der Waals surface area contributed by atoms with Crippen molar-refractivity contribution < 1.29 is 9.53 Å². The van der Waals surface area contributed by atoms with Crippen LogP contribution in [0.5, 0.6) is 0 Å². The molecule has 4 rings (SSSR count). The highest BCUT2D eigenvalue weighted by molar-refractivity contribution is 7.20. The minimum Gasteiger partial charge on any atom is -0.462 e. The number of nitrogens with zero attached hydrogens (tertiary/aromatic N) is 4. The molecule has 146 valence electrons. The van der Waals surface area contributed by atoms with Crippen molar-refractivity contribution in [3.63, 3.8) is 0 Å². The number of hydrogen-bond donors (Lipinski definition) is 0. The molecule has 1 aliphatic heterocycles. The molecule has 8 heteroatoms. The van der Waals surface area contributed by atoms with Crippen molar-refractivity contribution in [1.82, 2.24) is 9.97 Å². The topological polar surface area (TPSA) is 58.6 Å². The minimum atomic E-state index is -0.294. The van der Waals surface area contributed by atoms with Crippen molar-refractivity contribution >= 4 is 50.6 Å². The van der Waals surface area contributed by atoms with Crippen LogP contribution in [-0.2, 0) is 4.74 Å². The summed E-state index contributed by atoms with van der Waals surface area (Å²) in [6.45, 7) is 7.45.